The van der Waals surface area contributed by atoms with Gasteiger partial charge in [-0.2, -0.15) is 0 Å². The third kappa shape index (κ3) is 1.88. The molecule has 2 heterocycles. The minimum atomic E-state index is -2.93. The number of nitrogens with zero attached hydrogens (tertiary/aromatic N) is 2. The third-order valence-electron chi connectivity index (χ3n) is 3.68. The number of aliphatic imine (C=N–C) groups is 1. The lowest BCUT2D eigenvalue weighted by Gasteiger charge is -2.34. The molecule has 1 aliphatic heterocycles. The number of aromatic nitrogens is 1. The largest absolute Gasteiger partial charge is 0.396 e. The number of amidine groups is 1. The molecular formula is C14H13F3N4. The van der Waals surface area contributed by atoms with Gasteiger partial charge in [0.25, 0.3) is 6.43 Å². The molecule has 0 radical (unpaired) electrons. The summed E-state index contributed by atoms with van der Waals surface area (Å²) in [6, 6.07) is 7.35. The van der Waals surface area contributed by atoms with Gasteiger partial charge in [0.1, 0.15) is 5.84 Å². The first kappa shape index (κ1) is 13.5. The third-order valence-corrected chi connectivity index (χ3v) is 3.68. The summed E-state index contributed by atoms with van der Waals surface area (Å²) in [5.41, 5.74) is 9.28. The smallest absolute Gasteiger partial charge is 0.269 e. The zero-order valence-corrected chi connectivity index (χ0v) is 10.9. The van der Waals surface area contributed by atoms with Crippen molar-refractivity contribution in [3.63, 3.8) is 0 Å². The SMILES string of the molecule is NC1=NC(c2cccc(N)c2F)(C(F)F)Cn2cccc21. The van der Waals surface area contributed by atoms with Crippen LogP contribution in [0.1, 0.15) is 11.3 Å². The van der Waals surface area contributed by atoms with Crippen LogP contribution in [0.25, 0.3) is 0 Å². The van der Waals surface area contributed by atoms with Crippen molar-refractivity contribution in [3.05, 3.63) is 53.6 Å². The van der Waals surface area contributed by atoms with Gasteiger partial charge in [-0.25, -0.2) is 18.2 Å². The monoisotopic (exact) mass is 294 g/mol. The Bertz CT molecular complexity index is 723. The molecule has 7 heteroatoms. The summed E-state index contributed by atoms with van der Waals surface area (Å²) in [5.74, 6) is -0.932. The average Bonchev–Trinajstić information content (AvgIpc) is 2.90. The van der Waals surface area contributed by atoms with Gasteiger partial charge in [-0.1, -0.05) is 12.1 Å². The van der Waals surface area contributed by atoms with Crippen LogP contribution in [0.4, 0.5) is 18.9 Å². The van der Waals surface area contributed by atoms with E-state index in [1.54, 1.807) is 18.3 Å². The highest BCUT2D eigenvalue weighted by Crippen LogP contribution is 2.40. The molecule has 4 N–H and O–H groups in total. The van der Waals surface area contributed by atoms with Crippen LogP contribution in [0.3, 0.4) is 0 Å². The highest BCUT2D eigenvalue weighted by molar-refractivity contribution is 5.97. The highest BCUT2D eigenvalue weighted by atomic mass is 19.3. The maximum atomic E-state index is 14.2. The summed E-state index contributed by atoms with van der Waals surface area (Å²) in [5, 5.41) is 0. The molecule has 0 bridgehead atoms. The van der Waals surface area contributed by atoms with Gasteiger partial charge in [-0.15, -0.1) is 0 Å². The van der Waals surface area contributed by atoms with Gasteiger partial charge in [-0.05, 0) is 18.2 Å². The van der Waals surface area contributed by atoms with E-state index in [2.05, 4.69) is 4.99 Å². The van der Waals surface area contributed by atoms with Crippen molar-refractivity contribution < 1.29 is 13.2 Å². The van der Waals surface area contributed by atoms with E-state index in [4.69, 9.17) is 11.5 Å². The first-order valence-corrected chi connectivity index (χ1v) is 6.29. The molecule has 0 fully saturated rings. The maximum absolute atomic E-state index is 14.2. The van der Waals surface area contributed by atoms with Crippen LogP contribution in [-0.2, 0) is 12.1 Å². The van der Waals surface area contributed by atoms with Crippen molar-refractivity contribution in [2.24, 2.45) is 10.7 Å². The van der Waals surface area contributed by atoms with Crippen LogP contribution in [-0.4, -0.2) is 16.8 Å². The fraction of sp³-hybridized carbons (Fsp3) is 0.214. The Labute approximate surface area is 118 Å². The summed E-state index contributed by atoms with van der Waals surface area (Å²) in [6.07, 6.45) is -1.32. The molecule has 3 rings (SSSR count). The number of nitrogen functional groups attached to an aromatic ring is 1. The number of benzene rings is 1. The molecule has 0 aliphatic carbocycles. The van der Waals surface area contributed by atoms with E-state index < -0.39 is 17.8 Å². The van der Waals surface area contributed by atoms with E-state index in [0.717, 1.165) is 0 Å². The molecule has 1 aromatic carbocycles. The molecule has 21 heavy (non-hydrogen) atoms. The van der Waals surface area contributed by atoms with Gasteiger partial charge in [-0.3, -0.25) is 0 Å². The number of fused-ring (bicyclic) bond motifs is 1. The normalized spacial score (nSPS) is 21.2. The van der Waals surface area contributed by atoms with E-state index in [1.165, 1.54) is 22.8 Å². The summed E-state index contributed by atoms with van der Waals surface area (Å²) in [6.45, 7) is -0.200. The molecule has 0 amide bonds. The van der Waals surface area contributed by atoms with E-state index >= 15 is 0 Å². The lowest BCUT2D eigenvalue weighted by Crippen LogP contribution is -2.44. The van der Waals surface area contributed by atoms with Gasteiger partial charge in [0.2, 0.25) is 0 Å². The molecule has 1 aromatic heterocycles. The number of nitrogens with two attached hydrogens (primary N) is 2. The molecule has 0 spiro atoms. The van der Waals surface area contributed by atoms with Crippen molar-refractivity contribution in [1.82, 2.24) is 4.57 Å². The van der Waals surface area contributed by atoms with Crippen molar-refractivity contribution in [1.29, 1.82) is 0 Å². The topological polar surface area (TPSA) is 69.3 Å². The number of hydrogen-bond donors (Lipinski definition) is 2. The van der Waals surface area contributed by atoms with Crippen LogP contribution < -0.4 is 11.5 Å². The summed E-state index contributed by atoms with van der Waals surface area (Å²) < 4.78 is 43.3. The van der Waals surface area contributed by atoms with Gasteiger partial charge < -0.3 is 16.0 Å². The molecule has 1 aliphatic rings. The number of alkyl halides is 2. The van der Waals surface area contributed by atoms with Gasteiger partial charge in [0, 0.05) is 11.8 Å². The predicted molar refractivity (Wildman–Crippen MR) is 73.7 cm³/mol. The second-order valence-electron chi connectivity index (χ2n) is 4.95. The second-order valence-corrected chi connectivity index (χ2v) is 4.95. The van der Waals surface area contributed by atoms with Crippen LogP contribution in [0.2, 0.25) is 0 Å². The van der Waals surface area contributed by atoms with Crippen LogP contribution in [0.5, 0.6) is 0 Å². The summed E-state index contributed by atoms with van der Waals surface area (Å²) >= 11 is 0. The Morgan fingerprint density at radius 3 is 2.67 bits per heavy atom. The molecule has 0 saturated heterocycles. The Kier molecular flexibility index (Phi) is 2.93. The van der Waals surface area contributed by atoms with Gasteiger partial charge >= 0.3 is 0 Å². The van der Waals surface area contributed by atoms with Crippen molar-refractivity contribution in [2.45, 2.75) is 18.5 Å². The fourth-order valence-electron chi connectivity index (χ4n) is 2.62. The number of anilines is 1. The zero-order chi connectivity index (χ0) is 15.2. The van der Waals surface area contributed by atoms with Gasteiger partial charge in [0.05, 0.1) is 17.9 Å². The Morgan fingerprint density at radius 2 is 1.95 bits per heavy atom. The number of hydrogen-bond acceptors (Lipinski definition) is 3. The number of halogens is 3. The lowest BCUT2D eigenvalue weighted by atomic mass is 9.88. The first-order chi connectivity index (χ1) is 9.95. The minimum absolute atomic E-state index is 0.0478. The Balaban J connectivity index is 2.24. The Morgan fingerprint density at radius 1 is 1.19 bits per heavy atom. The molecule has 1 unspecified atom stereocenters. The van der Waals surface area contributed by atoms with E-state index in [-0.39, 0.29) is 23.6 Å². The van der Waals surface area contributed by atoms with Crippen molar-refractivity contribution in [3.8, 4) is 0 Å². The predicted octanol–water partition coefficient (Wildman–Crippen LogP) is 2.09. The van der Waals surface area contributed by atoms with Crippen LogP contribution >= 0.6 is 0 Å². The average molecular weight is 294 g/mol. The quantitative estimate of drug-likeness (QED) is 0.833. The molecule has 1 atom stereocenters. The number of rotatable bonds is 2. The molecule has 0 saturated carbocycles. The van der Waals surface area contributed by atoms with Gasteiger partial charge in [0.15, 0.2) is 11.4 Å². The zero-order valence-electron chi connectivity index (χ0n) is 10.9. The molecule has 2 aromatic rings. The first-order valence-electron chi connectivity index (χ1n) is 6.29. The standard InChI is InChI=1S/C14H13F3N4/c15-11-8(3-1-4-9(11)18)14(13(16)17)7-21-6-2-5-10(21)12(19)20-14/h1-6,13H,7,18H2,(H2,19,20). The molecule has 110 valence electrons. The minimum Gasteiger partial charge on any atom is -0.396 e. The molecular weight excluding hydrogens is 281 g/mol. The van der Waals surface area contributed by atoms with Crippen LogP contribution in [0, 0.1) is 5.82 Å². The van der Waals surface area contributed by atoms with Crippen LogP contribution in [0.15, 0.2) is 41.5 Å². The maximum Gasteiger partial charge on any atom is 0.269 e. The van der Waals surface area contributed by atoms with E-state index in [1.807, 2.05) is 0 Å². The lowest BCUT2D eigenvalue weighted by molar-refractivity contribution is 0.0388. The molecule has 4 nitrogen and oxygen atoms in total. The van der Waals surface area contributed by atoms with Crippen molar-refractivity contribution in [2.75, 3.05) is 5.73 Å². The van der Waals surface area contributed by atoms with Crippen molar-refractivity contribution >= 4 is 11.5 Å². The second kappa shape index (κ2) is 4.54. The summed E-state index contributed by atoms with van der Waals surface area (Å²) in [7, 11) is 0. The van der Waals surface area contributed by atoms with E-state index in [0.29, 0.717) is 5.69 Å². The van der Waals surface area contributed by atoms with E-state index in [9.17, 15) is 13.2 Å². The Hall–Kier alpha value is -2.44. The highest BCUT2D eigenvalue weighted by Gasteiger charge is 2.47. The fourth-order valence-corrected chi connectivity index (χ4v) is 2.62. The summed E-state index contributed by atoms with van der Waals surface area (Å²) in [4.78, 5) is 3.93.